The van der Waals surface area contributed by atoms with Gasteiger partial charge in [-0.1, -0.05) is 19.9 Å². The molecule has 0 rings (SSSR count). The Bertz CT molecular complexity index is 92.7. The van der Waals surface area contributed by atoms with Crippen molar-refractivity contribution < 1.29 is 5.11 Å². The molecular formula is C8H16O. The minimum absolute atomic E-state index is 0.255. The first-order chi connectivity index (χ1) is 4.22. The van der Waals surface area contributed by atoms with Gasteiger partial charge in [-0.3, -0.25) is 0 Å². The topological polar surface area (TPSA) is 20.2 Å². The summed E-state index contributed by atoms with van der Waals surface area (Å²) >= 11 is 0. The quantitative estimate of drug-likeness (QED) is 0.577. The molecule has 1 heteroatoms. The Kier molecular flexibility index (Phi) is 4.41. The fraction of sp³-hybridized carbons (Fsp3) is 0.750. The highest BCUT2D eigenvalue weighted by Gasteiger charge is 1.98. The van der Waals surface area contributed by atoms with Crippen molar-refractivity contribution in [1.29, 1.82) is 0 Å². The SMILES string of the molecule is CC/C=C(\CC)C(C)O. The molecule has 0 aromatic carbocycles. The average Bonchev–Trinajstić information content (AvgIpc) is 1.82. The molecule has 0 radical (unpaired) electrons. The average molecular weight is 128 g/mol. The van der Waals surface area contributed by atoms with Gasteiger partial charge in [0, 0.05) is 0 Å². The predicted molar refractivity (Wildman–Crippen MR) is 40.3 cm³/mol. The van der Waals surface area contributed by atoms with Gasteiger partial charge in [-0.2, -0.15) is 0 Å². The lowest BCUT2D eigenvalue weighted by atomic mass is 10.1. The van der Waals surface area contributed by atoms with Gasteiger partial charge in [0.15, 0.2) is 0 Å². The predicted octanol–water partition coefficient (Wildman–Crippen LogP) is 2.11. The molecule has 9 heavy (non-hydrogen) atoms. The van der Waals surface area contributed by atoms with Crippen molar-refractivity contribution in [3.63, 3.8) is 0 Å². The molecule has 0 aliphatic rings. The lowest BCUT2D eigenvalue weighted by Crippen LogP contribution is -2.02. The fourth-order valence-electron chi connectivity index (χ4n) is 0.872. The summed E-state index contributed by atoms with van der Waals surface area (Å²) in [5.74, 6) is 0. The van der Waals surface area contributed by atoms with E-state index >= 15 is 0 Å². The Balaban J connectivity index is 3.81. The van der Waals surface area contributed by atoms with Gasteiger partial charge in [0.2, 0.25) is 0 Å². The number of hydrogen-bond donors (Lipinski definition) is 1. The summed E-state index contributed by atoms with van der Waals surface area (Å²) in [6.45, 7) is 5.96. The molecule has 0 saturated carbocycles. The summed E-state index contributed by atoms with van der Waals surface area (Å²) in [7, 11) is 0. The Morgan fingerprint density at radius 3 is 2.22 bits per heavy atom. The Morgan fingerprint density at radius 1 is 1.56 bits per heavy atom. The van der Waals surface area contributed by atoms with Crippen LogP contribution in [0.15, 0.2) is 11.6 Å². The van der Waals surface area contributed by atoms with Gasteiger partial charge in [-0.25, -0.2) is 0 Å². The molecule has 1 atom stereocenters. The molecule has 0 aromatic rings. The van der Waals surface area contributed by atoms with Gasteiger partial charge < -0.3 is 5.11 Å². The van der Waals surface area contributed by atoms with Crippen molar-refractivity contribution >= 4 is 0 Å². The Labute approximate surface area is 57.4 Å². The van der Waals surface area contributed by atoms with Crippen molar-refractivity contribution in [2.75, 3.05) is 0 Å². The third-order valence-electron chi connectivity index (χ3n) is 1.41. The largest absolute Gasteiger partial charge is 0.389 e. The van der Waals surface area contributed by atoms with Crippen LogP contribution in [0.4, 0.5) is 0 Å². The van der Waals surface area contributed by atoms with E-state index in [0.717, 1.165) is 18.4 Å². The van der Waals surface area contributed by atoms with Crippen molar-refractivity contribution in [3.05, 3.63) is 11.6 Å². The smallest absolute Gasteiger partial charge is 0.0721 e. The Morgan fingerprint density at radius 2 is 2.11 bits per heavy atom. The zero-order valence-corrected chi connectivity index (χ0v) is 6.52. The van der Waals surface area contributed by atoms with Gasteiger partial charge in [-0.05, 0) is 25.3 Å². The van der Waals surface area contributed by atoms with E-state index in [-0.39, 0.29) is 6.10 Å². The number of aliphatic hydroxyl groups excluding tert-OH is 1. The molecule has 0 bridgehead atoms. The third-order valence-corrected chi connectivity index (χ3v) is 1.41. The molecule has 1 unspecified atom stereocenters. The second-order valence-corrected chi connectivity index (χ2v) is 2.22. The molecule has 0 saturated heterocycles. The minimum Gasteiger partial charge on any atom is -0.389 e. The molecule has 0 heterocycles. The van der Waals surface area contributed by atoms with E-state index in [2.05, 4.69) is 19.9 Å². The van der Waals surface area contributed by atoms with E-state index in [1.165, 1.54) is 0 Å². The maximum absolute atomic E-state index is 9.07. The normalized spacial score (nSPS) is 15.8. The molecule has 0 spiro atoms. The zero-order chi connectivity index (χ0) is 7.28. The molecule has 0 aliphatic carbocycles. The standard InChI is InChI=1S/C8H16O/c1-4-6-8(5-2)7(3)9/h6-7,9H,4-5H2,1-3H3/b8-6+. The van der Waals surface area contributed by atoms with Gasteiger partial charge in [-0.15, -0.1) is 0 Å². The van der Waals surface area contributed by atoms with Crippen LogP contribution in [0.3, 0.4) is 0 Å². The van der Waals surface area contributed by atoms with Gasteiger partial charge in [0.25, 0.3) is 0 Å². The monoisotopic (exact) mass is 128 g/mol. The van der Waals surface area contributed by atoms with E-state index in [1.54, 1.807) is 0 Å². The summed E-state index contributed by atoms with van der Waals surface area (Å²) in [6, 6.07) is 0. The molecule has 1 nitrogen and oxygen atoms in total. The summed E-state index contributed by atoms with van der Waals surface area (Å²) in [6.07, 6.45) is 3.82. The molecular weight excluding hydrogens is 112 g/mol. The number of rotatable bonds is 3. The zero-order valence-electron chi connectivity index (χ0n) is 6.52. The highest BCUT2D eigenvalue weighted by molar-refractivity contribution is 5.05. The Hall–Kier alpha value is -0.300. The molecule has 54 valence electrons. The maximum Gasteiger partial charge on any atom is 0.0721 e. The van der Waals surface area contributed by atoms with Crippen molar-refractivity contribution in [2.45, 2.75) is 39.7 Å². The molecule has 1 N–H and O–H groups in total. The van der Waals surface area contributed by atoms with Crippen LogP contribution < -0.4 is 0 Å². The fourth-order valence-corrected chi connectivity index (χ4v) is 0.872. The highest BCUT2D eigenvalue weighted by atomic mass is 16.3. The number of aliphatic hydroxyl groups is 1. The lowest BCUT2D eigenvalue weighted by molar-refractivity contribution is 0.227. The third kappa shape index (κ3) is 3.31. The van der Waals surface area contributed by atoms with Gasteiger partial charge >= 0.3 is 0 Å². The van der Waals surface area contributed by atoms with E-state index in [9.17, 15) is 0 Å². The second kappa shape index (κ2) is 4.57. The van der Waals surface area contributed by atoms with Crippen LogP contribution >= 0.6 is 0 Å². The molecule has 0 fully saturated rings. The lowest BCUT2D eigenvalue weighted by Gasteiger charge is -2.05. The van der Waals surface area contributed by atoms with Crippen molar-refractivity contribution in [1.82, 2.24) is 0 Å². The highest BCUT2D eigenvalue weighted by Crippen LogP contribution is 2.06. The van der Waals surface area contributed by atoms with Crippen LogP contribution in [0.2, 0.25) is 0 Å². The van der Waals surface area contributed by atoms with Crippen molar-refractivity contribution in [3.8, 4) is 0 Å². The van der Waals surface area contributed by atoms with Gasteiger partial charge in [0.05, 0.1) is 6.10 Å². The van der Waals surface area contributed by atoms with Crippen molar-refractivity contribution in [2.24, 2.45) is 0 Å². The summed E-state index contributed by atoms with van der Waals surface area (Å²) < 4.78 is 0. The first-order valence-electron chi connectivity index (χ1n) is 3.59. The molecule has 0 aliphatic heterocycles. The first-order valence-corrected chi connectivity index (χ1v) is 3.59. The number of allylic oxidation sites excluding steroid dienone is 1. The summed E-state index contributed by atoms with van der Waals surface area (Å²) in [5.41, 5.74) is 1.15. The molecule has 0 aromatic heterocycles. The van der Waals surface area contributed by atoms with Crippen LogP contribution in [-0.4, -0.2) is 11.2 Å². The van der Waals surface area contributed by atoms with Crippen LogP contribution in [0.1, 0.15) is 33.6 Å². The molecule has 0 amide bonds. The van der Waals surface area contributed by atoms with Crippen LogP contribution in [0.5, 0.6) is 0 Å². The van der Waals surface area contributed by atoms with E-state index in [4.69, 9.17) is 5.11 Å². The summed E-state index contributed by atoms with van der Waals surface area (Å²) in [4.78, 5) is 0. The van der Waals surface area contributed by atoms with Crippen LogP contribution in [0, 0.1) is 0 Å². The van der Waals surface area contributed by atoms with Gasteiger partial charge in [0.1, 0.15) is 0 Å². The van der Waals surface area contributed by atoms with Crippen LogP contribution in [0.25, 0.3) is 0 Å². The summed E-state index contributed by atoms with van der Waals surface area (Å²) in [5, 5.41) is 9.07. The van der Waals surface area contributed by atoms with E-state index in [1.807, 2.05) is 6.92 Å². The number of hydrogen-bond acceptors (Lipinski definition) is 1. The van der Waals surface area contributed by atoms with Crippen LogP contribution in [-0.2, 0) is 0 Å². The van der Waals surface area contributed by atoms with E-state index < -0.39 is 0 Å². The first kappa shape index (κ1) is 8.70. The minimum atomic E-state index is -0.255. The second-order valence-electron chi connectivity index (χ2n) is 2.22. The van der Waals surface area contributed by atoms with E-state index in [0.29, 0.717) is 0 Å². The maximum atomic E-state index is 9.07.